The molecule has 0 bridgehead atoms. The third-order valence-corrected chi connectivity index (χ3v) is 5.97. The van der Waals surface area contributed by atoms with Crippen LogP contribution in [0.2, 0.25) is 0 Å². The van der Waals surface area contributed by atoms with Gasteiger partial charge in [-0.3, -0.25) is 18.9 Å². The van der Waals surface area contributed by atoms with Crippen LogP contribution in [0.15, 0.2) is 24.3 Å². The minimum absolute atomic E-state index is 0.00509. The molecule has 1 aliphatic heterocycles. The van der Waals surface area contributed by atoms with Gasteiger partial charge in [-0.1, -0.05) is 24.3 Å². The molecule has 1 heterocycles. The van der Waals surface area contributed by atoms with Crippen molar-refractivity contribution in [2.45, 2.75) is 37.8 Å². The zero-order valence-electron chi connectivity index (χ0n) is 19.8. The van der Waals surface area contributed by atoms with Crippen LogP contribution >= 0.6 is 7.60 Å². The number of halogens is 2. The average molecular weight is 551 g/mol. The van der Waals surface area contributed by atoms with Gasteiger partial charge in [0.2, 0.25) is 0 Å². The van der Waals surface area contributed by atoms with E-state index in [0.29, 0.717) is 23.7 Å². The van der Waals surface area contributed by atoms with E-state index in [1.54, 1.807) is 0 Å². The topological polar surface area (TPSA) is 166 Å². The number of carbonyl (C=O) groups is 4. The summed E-state index contributed by atoms with van der Waals surface area (Å²) < 4.78 is 53.8. The molecule has 0 unspecified atom stereocenters. The molecule has 0 aromatic heterocycles. The van der Waals surface area contributed by atoms with Crippen molar-refractivity contribution in [2.24, 2.45) is 0 Å². The first-order chi connectivity index (χ1) is 17.4. The first-order valence-corrected chi connectivity index (χ1v) is 12.9. The van der Waals surface area contributed by atoms with Crippen LogP contribution in [0.1, 0.15) is 36.8 Å². The molecular formula is C22H28F2NO11P. The number of ketones is 1. The molecule has 0 radical (unpaired) electrons. The maximum Gasteiger partial charge on any atom is 0.399 e. The molecule has 0 saturated carbocycles. The van der Waals surface area contributed by atoms with Crippen molar-refractivity contribution in [3.63, 3.8) is 0 Å². The second-order valence-electron chi connectivity index (χ2n) is 7.92. The Morgan fingerprint density at radius 3 is 2.03 bits per heavy atom. The summed E-state index contributed by atoms with van der Waals surface area (Å²) in [4.78, 5) is 68.4. The van der Waals surface area contributed by atoms with Gasteiger partial charge in [0.25, 0.3) is 11.8 Å². The number of Topliss-reactive ketones (excluding diaryl/α,β-unsaturated/α-hetero) is 1. The molecule has 2 rings (SSSR count). The van der Waals surface area contributed by atoms with Crippen LogP contribution in [0.4, 0.5) is 8.78 Å². The predicted octanol–water partition coefficient (Wildman–Crippen LogP) is 1.46. The van der Waals surface area contributed by atoms with Crippen LogP contribution in [-0.4, -0.2) is 78.1 Å². The number of carbonyl (C=O) groups excluding carboxylic acids is 4. The van der Waals surface area contributed by atoms with E-state index < -0.39 is 43.2 Å². The van der Waals surface area contributed by atoms with Gasteiger partial charge in [-0.25, -0.2) is 4.79 Å². The molecule has 2 amide bonds. The number of ether oxygens (including phenoxy) is 3. The lowest BCUT2D eigenvalue weighted by Crippen LogP contribution is -2.33. The molecule has 1 saturated heterocycles. The van der Waals surface area contributed by atoms with Crippen LogP contribution in [0.25, 0.3) is 0 Å². The van der Waals surface area contributed by atoms with Gasteiger partial charge in [-0.05, 0) is 12.0 Å². The van der Waals surface area contributed by atoms with Gasteiger partial charge in [0, 0.05) is 37.9 Å². The molecule has 2 N–H and O–H groups in total. The van der Waals surface area contributed by atoms with E-state index in [9.17, 15) is 32.5 Å². The van der Waals surface area contributed by atoms with E-state index in [0.717, 1.165) is 12.1 Å². The Morgan fingerprint density at radius 1 is 0.919 bits per heavy atom. The molecular weight excluding hydrogens is 523 g/mol. The van der Waals surface area contributed by atoms with Crippen molar-refractivity contribution in [3.05, 3.63) is 35.4 Å². The summed E-state index contributed by atoms with van der Waals surface area (Å²) in [5, 5.41) is 0.437. The molecule has 1 aromatic rings. The predicted molar refractivity (Wildman–Crippen MR) is 120 cm³/mol. The Hall–Kier alpha value is -2.61. The highest BCUT2D eigenvalue weighted by atomic mass is 31.2. The first-order valence-electron chi connectivity index (χ1n) is 11.3. The molecule has 1 aromatic carbocycles. The fourth-order valence-corrected chi connectivity index (χ4v) is 3.55. The van der Waals surface area contributed by atoms with Gasteiger partial charge in [-0.2, -0.15) is 8.78 Å². The summed E-state index contributed by atoms with van der Waals surface area (Å²) in [6.07, 6.45) is 0.625. The minimum Gasteiger partial charge on any atom is -0.379 e. The van der Waals surface area contributed by atoms with Crippen molar-refractivity contribution in [3.8, 4) is 0 Å². The molecule has 206 valence electrons. The summed E-state index contributed by atoms with van der Waals surface area (Å²) in [5.74, 6) is -2.18. The van der Waals surface area contributed by atoms with Crippen LogP contribution in [-0.2, 0) is 54.9 Å². The van der Waals surface area contributed by atoms with Crippen LogP contribution in [0.5, 0.6) is 0 Å². The largest absolute Gasteiger partial charge is 0.399 e. The Kier molecular flexibility index (Phi) is 11.9. The number of hydroxylamine groups is 2. The normalized spacial score (nSPS) is 14.3. The molecule has 15 heteroatoms. The number of benzene rings is 1. The van der Waals surface area contributed by atoms with Gasteiger partial charge in [-0.15, -0.1) is 5.06 Å². The van der Waals surface area contributed by atoms with Crippen molar-refractivity contribution < 1.29 is 61.4 Å². The van der Waals surface area contributed by atoms with Gasteiger partial charge in [0.15, 0.2) is 0 Å². The van der Waals surface area contributed by atoms with Crippen LogP contribution < -0.4 is 0 Å². The highest BCUT2D eigenvalue weighted by molar-refractivity contribution is 7.52. The Bertz CT molecular complexity index is 981. The number of imide groups is 1. The number of hydrogen-bond acceptors (Lipinski definition) is 9. The summed E-state index contributed by atoms with van der Waals surface area (Å²) in [6.45, 7) is 0.571. The fourth-order valence-electron chi connectivity index (χ4n) is 3.06. The lowest BCUT2D eigenvalue weighted by atomic mass is 10.0. The minimum atomic E-state index is -5.65. The zero-order valence-corrected chi connectivity index (χ0v) is 20.7. The summed E-state index contributed by atoms with van der Waals surface area (Å²) >= 11 is 0. The van der Waals surface area contributed by atoms with Crippen molar-refractivity contribution in [1.29, 1.82) is 0 Å². The summed E-state index contributed by atoms with van der Waals surface area (Å²) in [6, 6.07) is 4.24. The number of hydrogen-bond donors (Lipinski definition) is 2. The monoisotopic (exact) mass is 551 g/mol. The molecule has 1 aliphatic rings. The van der Waals surface area contributed by atoms with E-state index in [4.69, 9.17) is 24.0 Å². The lowest BCUT2D eigenvalue weighted by Gasteiger charge is -2.18. The second kappa shape index (κ2) is 14.4. The smallest absolute Gasteiger partial charge is 0.379 e. The SMILES string of the molecule is O=C(CCCOCCOCCOCC(=O)ON1C(=O)CCC1=O)Cc1ccc(C(F)(F)P(=O)(O)O)cc1. The van der Waals surface area contributed by atoms with Crippen LogP contribution in [0.3, 0.4) is 0 Å². The Balaban J connectivity index is 1.47. The van der Waals surface area contributed by atoms with Crippen LogP contribution in [0, 0.1) is 0 Å². The van der Waals surface area contributed by atoms with E-state index in [1.165, 1.54) is 12.1 Å². The lowest BCUT2D eigenvalue weighted by molar-refractivity contribution is -0.200. The first kappa shape index (κ1) is 30.6. The maximum atomic E-state index is 13.6. The van der Waals surface area contributed by atoms with E-state index in [1.807, 2.05) is 0 Å². The highest BCUT2D eigenvalue weighted by Gasteiger charge is 2.50. The third-order valence-electron chi connectivity index (χ3n) is 4.98. The molecule has 12 nitrogen and oxygen atoms in total. The van der Waals surface area contributed by atoms with Crippen molar-refractivity contribution in [2.75, 3.05) is 39.6 Å². The number of amides is 2. The standard InChI is InChI=1S/C22H28F2NO11P/c23-22(24,37(30,31)32)17-5-3-16(4-6-17)14-18(26)2-1-9-33-10-11-34-12-13-35-15-21(29)36-25-19(27)7-8-20(25)28/h3-6H,1-2,7-15H2,(H2,30,31,32). The Morgan fingerprint density at radius 2 is 1.46 bits per heavy atom. The quantitative estimate of drug-likeness (QED) is 0.164. The average Bonchev–Trinajstić information content (AvgIpc) is 3.14. The number of rotatable bonds is 17. The van der Waals surface area contributed by atoms with E-state index in [-0.39, 0.29) is 57.9 Å². The summed E-state index contributed by atoms with van der Waals surface area (Å²) in [5.41, 5.74) is -4.68. The highest BCUT2D eigenvalue weighted by Crippen LogP contribution is 2.59. The van der Waals surface area contributed by atoms with Crippen molar-refractivity contribution >= 4 is 31.2 Å². The summed E-state index contributed by atoms with van der Waals surface area (Å²) in [7, 11) is -5.65. The third kappa shape index (κ3) is 9.99. The molecule has 0 atom stereocenters. The molecule has 1 fully saturated rings. The fraction of sp³-hybridized carbons (Fsp3) is 0.545. The molecule has 0 spiro atoms. The maximum absolute atomic E-state index is 13.6. The van der Waals surface area contributed by atoms with E-state index >= 15 is 0 Å². The number of alkyl halides is 2. The van der Waals surface area contributed by atoms with Gasteiger partial charge >= 0.3 is 19.2 Å². The van der Waals surface area contributed by atoms with Gasteiger partial charge in [0.05, 0.1) is 26.4 Å². The number of nitrogens with zero attached hydrogens (tertiary/aromatic N) is 1. The zero-order chi connectivity index (χ0) is 27.5. The molecule has 0 aliphatic carbocycles. The van der Waals surface area contributed by atoms with E-state index in [2.05, 4.69) is 4.84 Å². The molecule has 37 heavy (non-hydrogen) atoms. The van der Waals surface area contributed by atoms with Gasteiger partial charge in [0.1, 0.15) is 12.4 Å². The van der Waals surface area contributed by atoms with Crippen molar-refractivity contribution in [1.82, 2.24) is 5.06 Å². The van der Waals surface area contributed by atoms with Gasteiger partial charge < -0.3 is 28.8 Å². The second-order valence-corrected chi connectivity index (χ2v) is 9.57. The Labute approximate surface area is 210 Å².